The number of carbonyl (C=O) groups excluding carboxylic acids is 1. The summed E-state index contributed by atoms with van der Waals surface area (Å²) in [5, 5.41) is 12.1. The number of aromatic nitrogens is 3. The molecule has 1 amide bonds. The topological polar surface area (TPSA) is 69.0 Å². The van der Waals surface area contributed by atoms with Gasteiger partial charge in [-0.3, -0.25) is 0 Å². The third-order valence-electron chi connectivity index (χ3n) is 6.37. The number of nitrogens with one attached hydrogen (secondary N) is 1. The molecule has 31 heavy (non-hydrogen) atoms. The molecule has 1 heterocycles. The first-order valence-corrected chi connectivity index (χ1v) is 11.1. The molecule has 0 aliphatic rings. The highest BCUT2D eigenvalue weighted by Crippen LogP contribution is 2.42. The summed E-state index contributed by atoms with van der Waals surface area (Å²) in [6.45, 7) is 15.5. The Morgan fingerprint density at radius 2 is 1.55 bits per heavy atom. The maximum Gasteiger partial charge on any atom is 0.412 e. The number of hydrogen-bond acceptors (Lipinski definition) is 4. The Hall–Kier alpha value is -2.89. The fourth-order valence-corrected chi connectivity index (χ4v) is 3.40. The Kier molecular flexibility index (Phi) is 6.39. The molecule has 0 bridgehead atoms. The summed E-state index contributed by atoms with van der Waals surface area (Å²) >= 11 is 0. The molecule has 6 nitrogen and oxygen atoms in total. The summed E-state index contributed by atoms with van der Waals surface area (Å²) in [6.07, 6.45) is 1.39. The van der Waals surface area contributed by atoms with E-state index in [1.165, 1.54) is 5.56 Å². The van der Waals surface area contributed by atoms with E-state index in [1.54, 1.807) is 4.80 Å². The van der Waals surface area contributed by atoms with Crippen molar-refractivity contribution in [2.75, 3.05) is 6.54 Å². The van der Waals surface area contributed by atoms with Crippen LogP contribution >= 0.6 is 0 Å². The lowest BCUT2D eigenvalue weighted by molar-refractivity contribution is 0.199. The van der Waals surface area contributed by atoms with Crippen LogP contribution in [0.1, 0.15) is 72.4 Å². The third kappa shape index (κ3) is 4.58. The van der Waals surface area contributed by atoms with Gasteiger partial charge < -0.3 is 10.1 Å². The average Bonchev–Trinajstić information content (AvgIpc) is 3.17. The largest absolute Gasteiger partial charge is 0.412 e. The lowest BCUT2D eigenvalue weighted by Gasteiger charge is -2.31. The minimum absolute atomic E-state index is 0.0515. The van der Waals surface area contributed by atoms with Gasteiger partial charge in [0.1, 0.15) is 16.7 Å². The van der Waals surface area contributed by atoms with Gasteiger partial charge in [-0.2, -0.15) is 0 Å². The average molecular weight is 423 g/mol. The van der Waals surface area contributed by atoms with Gasteiger partial charge in [-0.25, -0.2) is 4.79 Å². The molecule has 0 atom stereocenters. The van der Waals surface area contributed by atoms with Crippen LogP contribution in [0.3, 0.4) is 0 Å². The van der Waals surface area contributed by atoms with Crippen molar-refractivity contribution in [2.24, 2.45) is 0 Å². The fourth-order valence-electron chi connectivity index (χ4n) is 3.40. The van der Waals surface area contributed by atoms with Gasteiger partial charge in [0, 0.05) is 12.1 Å². The first-order chi connectivity index (χ1) is 14.6. The number of rotatable bonds is 7. The quantitative estimate of drug-likeness (QED) is 0.514. The number of carbonyl (C=O) groups is 1. The highest BCUT2D eigenvalue weighted by atomic mass is 16.6. The molecule has 2 aromatic carbocycles. The Bertz CT molecular complexity index is 1050. The molecule has 1 N–H and O–H groups in total. The van der Waals surface area contributed by atoms with Gasteiger partial charge in [-0.1, -0.05) is 59.7 Å². The summed E-state index contributed by atoms with van der Waals surface area (Å²) in [5.41, 5.74) is 4.17. The molecule has 3 rings (SSSR count). The van der Waals surface area contributed by atoms with Crippen molar-refractivity contribution in [3.05, 3.63) is 47.5 Å². The maximum absolute atomic E-state index is 12.5. The summed E-state index contributed by atoms with van der Waals surface area (Å²) in [6, 6.07) is 12.0. The van der Waals surface area contributed by atoms with Crippen molar-refractivity contribution in [2.45, 2.75) is 72.1 Å². The second kappa shape index (κ2) is 8.69. The Morgan fingerprint density at radius 3 is 2.06 bits per heavy atom. The lowest BCUT2D eigenvalue weighted by Crippen LogP contribution is -2.29. The van der Waals surface area contributed by atoms with Gasteiger partial charge >= 0.3 is 6.09 Å². The van der Waals surface area contributed by atoms with Crippen LogP contribution in [0.4, 0.5) is 4.79 Å². The summed E-state index contributed by atoms with van der Waals surface area (Å²) < 4.78 is 5.91. The van der Waals surface area contributed by atoms with Crippen LogP contribution in [0, 0.1) is 0 Å². The zero-order valence-electron chi connectivity index (χ0n) is 19.7. The first-order valence-electron chi connectivity index (χ1n) is 11.1. The molecule has 0 aliphatic carbocycles. The van der Waals surface area contributed by atoms with Gasteiger partial charge in [0.2, 0.25) is 0 Å². The zero-order valence-corrected chi connectivity index (χ0v) is 19.7. The number of nitrogens with zero attached hydrogens (tertiary/aromatic N) is 3. The van der Waals surface area contributed by atoms with E-state index in [0.717, 1.165) is 29.4 Å². The van der Waals surface area contributed by atoms with Gasteiger partial charge in [0.15, 0.2) is 5.75 Å². The van der Waals surface area contributed by atoms with Crippen molar-refractivity contribution in [3.63, 3.8) is 0 Å². The molecule has 0 spiro atoms. The van der Waals surface area contributed by atoms with Crippen molar-refractivity contribution in [3.8, 4) is 11.4 Å². The molecule has 0 unspecified atom stereocenters. The Balaban J connectivity index is 2.34. The SMILES string of the molecule is CCNC(=O)Oc1c(-n2nc3ccccc3n2)cc(C(C)(C)CC)cc1C(C)(C)CC. The van der Waals surface area contributed by atoms with E-state index in [0.29, 0.717) is 18.0 Å². The van der Waals surface area contributed by atoms with Crippen LogP contribution in [0.15, 0.2) is 36.4 Å². The van der Waals surface area contributed by atoms with Crippen LogP contribution in [0.2, 0.25) is 0 Å². The number of ether oxygens (including phenoxy) is 1. The number of hydrogen-bond donors (Lipinski definition) is 1. The summed E-state index contributed by atoms with van der Waals surface area (Å²) in [4.78, 5) is 14.1. The van der Waals surface area contributed by atoms with Gasteiger partial charge in [-0.05, 0) is 54.4 Å². The molecule has 0 saturated heterocycles. The van der Waals surface area contributed by atoms with Crippen molar-refractivity contribution < 1.29 is 9.53 Å². The van der Waals surface area contributed by atoms with E-state index in [9.17, 15) is 4.79 Å². The molecule has 0 saturated carbocycles. The predicted molar refractivity (Wildman–Crippen MR) is 125 cm³/mol. The van der Waals surface area contributed by atoms with Crippen LogP contribution < -0.4 is 10.1 Å². The standard InChI is InChI=1S/C25H34N4O2/c1-8-24(4,5)17-15-18(25(6,7)9-2)22(31-23(30)26-10-3)21(16-17)29-27-19-13-11-12-14-20(19)28-29/h11-16H,8-10H2,1-7H3,(H,26,30). The van der Waals surface area contributed by atoms with Crippen LogP contribution in [0.5, 0.6) is 5.75 Å². The fraction of sp³-hybridized carbons (Fsp3) is 0.480. The van der Waals surface area contributed by atoms with E-state index in [4.69, 9.17) is 4.74 Å². The molecule has 6 heteroatoms. The van der Waals surface area contributed by atoms with Gasteiger partial charge in [0.25, 0.3) is 0 Å². The molecule has 1 aromatic heterocycles. The van der Waals surface area contributed by atoms with Crippen LogP contribution in [-0.4, -0.2) is 27.6 Å². The minimum atomic E-state index is -0.476. The van der Waals surface area contributed by atoms with E-state index < -0.39 is 6.09 Å². The van der Waals surface area contributed by atoms with E-state index in [1.807, 2.05) is 31.2 Å². The van der Waals surface area contributed by atoms with E-state index in [2.05, 4.69) is 69.2 Å². The van der Waals surface area contributed by atoms with E-state index >= 15 is 0 Å². The number of amides is 1. The minimum Gasteiger partial charge on any atom is -0.408 e. The lowest BCUT2D eigenvalue weighted by atomic mass is 9.76. The maximum atomic E-state index is 12.5. The summed E-state index contributed by atoms with van der Waals surface area (Å²) in [5.74, 6) is 0.508. The van der Waals surface area contributed by atoms with Gasteiger partial charge in [-0.15, -0.1) is 15.0 Å². The second-order valence-electron chi connectivity index (χ2n) is 9.24. The molecular weight excluding hydrogens is 388 g/mol. The molecular formula is C25H34N4O2. The highest BCUT2D eigenvalue weighted by molar-refractivity contribution is 5.75. The molecule has 0 radical (unpaired) electrons. The highest BCUT2D eigenvalue weighted by Gasteiger charge is 2.31. The number of benzene rings is 2. The van der Waals surface area contributed by atoms with Crippen molar-refractivity contribution in [1.29, 1.82) is 0 Å². The Labute approximate surface area is 185 Å². The van der Waals surface area contributed by atoms with Crippen molar-refractivity contribution in [1.82, 2.24) is 20.3 Å². The molecule has 0 aliphatic heterocycles. The second-order valence-corrected chi connectivity index (χ2v) is 9.24. The summed E-state index contributed by atoms with van der Waals surface area (Å²) in [7, 11) is 0. The Morgan fingerprint density at radius 1 is 0.968 bits per heavy atom. The first kappa shape index (κ1) is 22.8. The monoisotopic (exact) mass is 422 g/mol. The predicted octanol–water partition coefficient (Wildman–Crippen LogP) is 5.90. The number of fused-ring (bicyclic) bond motifs is 1. The van der Waals surface area contributed by atoms with Crippen molar-refractivity contribution >= 4 is 17.1 Å². The molecule has 166 valence electrons. The van der Waals surface area contributed by atoms with E-state index in [-0.39, 0.29) is 10.8 Å². The molecule has 0 fully saturated rings. The zero-order chi connectivity index (χ0) is 22.8. The van der Waals surface area contributed by atoms with Crippen LogP contribution in [-0.2, 0) is 10.8 Å². The smallest absolute Gasteiger partial charge is 0.408 e. The van der Waals surface area contributed by atoms with Gasteiger partial charge in [0.05, 0.1) is 0 Å². The third-order valence-corrected chi connectivity index (χ3v) is 6.37. The van der Waals surface area contributed by atoms with Crippen LogP contribution in [0.25, 0.3) is 16.7 Å². The normalized spacial score (nSPS) is 12.2. The molecule has 3 aromatic rings.